The summed E-state index contributed by atoms with van der Waals surface area (Å²) in [6.45, 7) is 1.94. The molecule has 0 spiro atoms. The second kappa shape index (κ2) is 3.73. The van der Waals surface area contributed by atoms with Gasteiger partial charge in [0.05, 0.1) is 18.6 Å². The van der Waals surface area contributed by atoms with Crippen molar-refractivity contribution in [2.75, 3.05) is 6.61 Å². The monoisotopic (exact) mass is 236 g/mol. The Hall–Kier alpha value is -1.57. The van der Waals surface area contributed by atoms with Crippen molar-refractivity contribution >= 4 is 11.2 Å². The first-order valence-electron chi connectivity index (χ1n) is 5.30. The molecule has 17 heavy (non-hydrogen) atoms. The van der Waals surface area contributed by atoms with E-state index in [-0.39, 0.29) is 6.61 Å². The molecule has 3 atom stereocenters. The van der Waals surface area contributed by atoms with Gasteiger partial charge in [0.15, 0.2) is 11.9 Å². The first kappa shape index (κ1) is 10.6. The number of aromatic nitrogens is 4. The first-order valence-corrected chi connectivity index (χ1v) is 5.30. The van der Waals surface area contributed by atoms with Crippen LogP contribution in [0, 0.1) is 6.92 Å². The molecule has 90 valence electrons. The molecule has 1 aliphatic rings. The van der Waals surface area contributed by atoms with E-state index in [1.54, 1.807) is 4.57 Å². The van der Waals surface area contributed by atoms with Gasteiger partial charge in [0.25, 0.3) is 0 Å². The first-order chi connectivity index (χ1) is 8.18. The molecule has 2 N–H and O–H groups in total. The highest BCUT2D eigenvalue weighted by atomic mass is 16.5. The Morgan fingerprint density at radius 2 is 2.18 bits per heavy atom. The molecule has 7 heteroatoms. The van der Waals surface area contributed by atoms with Crippen molar-refractivity contribution in [3.63, 3.8) is 0 Å². The van der Waals surface area contributed by atoms with E-state index in [1.165, 1.54) is 12.7 Å². The Morgan fingerprint density at radius 1 is 1.35 bits per heavy atom. The lowest BCUT2D eigenvalue weighted by Gasteiger charge is -2.16. The van der Waals surface area contributed by atoms with E-state index in [0.717, 1.165) is 5.69 Å². The number of nitrogens with zero attached hydrogens (tertiary/aromatic N) is 4. The molecule has 2 aromatic heterocycles. The van der Waals surface area contributed by atoms with Gasteiger partial charge < -0.3 is 14.9 Å². The highest BCUT2D eigenvalue weighted by Crippen LogP contribution is 2.27. The molecule has 0 amide bonds. The van der Waals surface area contributed by atoms with Crippen molar-refractivity contribution in [2.24, 2.45) is 0 Å². The van der Waals surface area contributed by atoms with E-state index in [2.05, 4.69) is 15.0 Å². The van der Waals surface area contributed by atoms with Gasteiger partial charge in [-0.15, -0.1) is 0 Å². The van der Waals surface area contributed by atoms with Crippen LogP contribution in [0.5, 0.6) is 0 Å². The van der Waals surface area contributed by atoms with Crippen LogP contribution in [-0.4, -0.2) is 48.5 Å². The summed E-state index contributed by atoms with van der Waals surface area (Å²) >= 11 is 0. The molecule has 1 fully saturated rings. The summed E-state index contributed by atoms with van der Waals surface area (Å²) in [6.07, 6.45) is 0.485. The summed E-state index contributed by atoms with van der Waals surface area (Å²) in [4.78, 5) is 12.4. The van der Waals surface area contributed by atoms with Gasteiger partial charge >= 0.3 is 0 Å². The second-order valence-electron chi connectivity index (χ2n) is 4.06. The van der Waals surface area contributed by atoms with E-state index in [1.807, 2.05) is 6.92 Å². The number of ether oxygens (including phenoxy) is 1. The molecule has 0 aliphatic carbocycles. The normalized spacial score (nSPS) is 29.0. The maximum Gasteiger partial charge on any atom is 0.165 e. The zero-order valence-corrected chi connectivity index (χ0v) is 9.19. The average Bonchev–Trinajstić information content (AvgIpc) is 2.86. The number of aliphatic hydroxyl groups excluding tert-OH is 2. The van der Waals surface area contributed by atoms with Gasteiger partial charge in [-0.3, -0.25) is 4.57 Å². The van der Waals surface area contributed by atoms with Crippen molar-refractivity contribution in [3.05, 3.63) is 18.3 Å². The quantitative estimate of drug-likeness (QED) is 0.685. The molecular weight excluding hydrogens is 224 g/mol. The molecule has 3 rings (SSSR count). The molecule has 0 bridgehead atoms. The summed E-state index contributed by atoms with van der Waals surface area (Å²) < 4.78 is 6.95. The molecule has 2 aromatic rings. The third kappa shape index (κ3) is 1.51. The lowest BCUT2D eigenvalue weighted by atomic mass is 10.2. The van der Waals surface area contributed by atoms with Crippen LogP contribution in [0.3, 0.4) is 0 Å². The van der Waals surface area contributed by atoms with Gasteiger partial charge in [0.2, 0.25) is 0 Å². The fourth-order valence-electron chi connectivity index (χ4n) is 1.98. The second-order valence-corrected chi connectivity index (χ2v) is 4.06. The number of hydrogen-bond acceptors (Lipinski definition) is 6. The van der Waals surface area contributed by atoms with E-state index in [0.29, 0.717) is 11.2 Å². The lowest BCUT2D eigenvalue weighted by Crippen LogP contribution is -2.28. The molecule has 0 saturated carbocycles. The molecule has 7 nitrogen and oxygen atoms in total. The van der Waals surface area contributed by atoms with Crippen LogP contribution >= 0.6 is 0 Å². The van der Waals surface area contributed by atoms with Crippen LogP contribution in [0.1, 0.15) is 11.9 Å². The highest BCUT2D eigenvalue weighted by Gasteiger charge is 2.36. The van der Waals surface area contributed by atoms with Gasteiger partial charge in [0.1, 0.15) is 24.1 Å². The van der Waals surface area contributed by atoms with Crippen LogP contribution in [0.4, 0.5) is 0 Å². The number of imidazole rings is 1. The highest BCUT2D eigenvalue weighted by molar-refractivity contribution is 5.72. The third-order valence-corrected chi connectivity index (χ3v) is 2.94. The largest absolute Gasteiger partial charge is 0.388 e. The topological polar surface area (TPSA) is 93.3 Å². The number of rotatable bonds is 1. The van der Waals surface area contributed by atoms with E-state index in [4.69, 9.17) is 4.74 Å². The Kier molecular flexibility index (Phi) is 2.32. The van der Waals surface area contributed by atoms with Crippen molar-refractivity contribution in [1.29, 1.82) is 0 Å². The predicted molar refractivity (Wildman–Crippen MR) is 57.1 cm³/mol. The van der Waals surface area contributed by atoms with Crippen molar-refractivity contribution in [2.45, 2.75) is 25.4 Å². The Labute approximate surface area is 96.7 Å². The molecule has 0 aromatic carbocycles. The van der Waals surface area contributed by atoms with Gasteiger partial charge in [-0.1, -0.05) is 0 Å². The average molecular weight is 236 g/mol. The third-order valence-electron chi connectivity index (χ3n) is 2.94. The van der Waals surface area contributed by atoms with Crippen molar-refractivity contribution in [1.82, 2.24) is 19.5 Å². The minimum absolute atomic E-state index is 0.107. The standard InChI is InChI=1S/C10H12N4O3/c1-5-7-9(12-3-11-5)14(4-13-7)10-8(16)6(15)2-17-10/h3-4,6,8,10,15-16H,2H2,1H3/t6-,8-,10-/m1/s1. The molecule has 1 saturated heterocycles. The van der Waals surface area contributed by atoms with Gasteiger partial charge in [-0.05, 0) is 6.92 Å². The maximum absolute atomic E-state index is 9.79. The van der Waals surface area contributed by atoms with Crippen LogP contribution < -0.4 is 0 Å². The molecule has 1 aliphatic heterocycles. The summed E-state index contributed by atoms with van der Waals surface area (Å²) in [6, 6.07) is 0. The Balaban J connectivity index is 2.10. The van der Waals surface area contributed by atoms with E-state index in [9.17, 15) is 10.2 Å². The van der Waals surface area contributed by atoms with Crippen LogP contribution in [0.15, 0.2) is 12.7 Å². The molecule has 3 heterocycles. The number of aliphatic hydroxyl groups is 2. The number of fused-ring (bicyclic) bond motifs is 1. The SMILES string of the molecule is Cc1ncnc2c1ncn2[C@@H]1OC[C@@H](O)[C@H]1O. The lowest BCUT2D eigenvalue weighted by molar-refractivity contribution is -0.0162. The molecule has 0 unspecified atom stereocenters. The zero-order valence-electron chi connectivity index (χ0n) is 9.19. The summed E-state index contributed by atoms with van der Waals surface area (Å²) in [5, 5.41) is 19.2. The zero-order chi connectivity index (χ0) is 12.0. The minimum atomic E-state index is -0.970. The van der Waals surface area contributed by atoms with E-state index >= 15 is 0 Å². The molecule has 0 radical (unpaired) electrons. The van der Waals surface area contributed by atoms with Crippen LogP contribution in [0.2, 0.25) is 0 Å². The van der Waals surface area contributed by atoms with Crippen molar-refractivity contribution < 1.29 is 14.9 Å². The van der Waals surface area contributed by atoms with Gasteiger partial charge in [-0.2, -0.15) is 0 Å². The summed E-state index contributed by atoms with van der Waals surface area (Å²) in [5.41, 5.74) is 2.03. The van der Waals surface area contributed by atoms with Crippen molar-refractivity contribution in [3.8, 4) is 0 Å². The fraction of sp³-hybridized carbons (Fsp3) is 0.500. The fourth-order valence-corrected chi connectivity index (χ4v) is 1.98. The van der Waals surface area contributed by atoms with Crippen LogP contribution in [-0.2, 0) is 4.74 Å². The number of hydrogen-bond donors (Lipinski definition) is 2. The van der Waals surface area contributed by atoms with E-state index < -0.39 is 18.4 Å². The van der Waals surface area contributed by atoms with Gasteiger partial charge in [0, 0.05) is 0 Å². The minimum Gasteiger partial charge on any atom is -0.388 e. The number of aryl methyl sites for hydroxylation is 1. The maximum atomic E-state index is 9.79. The Bertz CT molecular complexity index is 555. The predicted octanol–water partition coefficient (Wildman–Crippen LogP) is -0.615. The summed E-state index contributed by atoms with van der Waals surface area (Å²) in [7, 11) is 0. The molecular formula is C10H12N4O3. The van der Waals surface area contributed by atoms with Crippen LogP contribution in [0.25, 0.3) is 11.2 Å². The Morgan fingerprint density at radius 3 is 2.88 bits per heavy atom. The van der Waals surface area contributed by atoms with Gasteiger partial charge in [-0.25, -0.2) is 15.0 Å². The smallest absolute Gasteiger partial charge is 0.165 e. The summed E-state index contributed by atoms with van der Waals surface area (Å²) in [5.74, 6) is 0.